The predicted octanol–water partition coefficient (Wildman–Crippen LogP) is 4.06. The molecule has 0 aliphatic rings. The Morgan fingerprint density at radius 1 is 1.14 bits per heavy atom. The van der Waals surface area contributed by atoms with Crippen molar-refractivity contribution in [1.82, 2.24) is 5.16 Å². The number of hydrogen-bond donors (Lipinski definition) is 2. The lowest BCUT2D eigenvalue weighted by Crippen LogP contribution is -2.11. The normalized spacial score (nSPS) is 10.4. The third-order valence-electron chi connectivity index (χ3n) is 2.98. The summed E-state index contributed by atoms with van der Waals surface area (Å²) in [5, 5.41) is 16.0. The van der Waals surface area contributed by atoms with Crippen LogP contribution >= 0.6 is 15.9 Å². The summed E-state index contributed by atoms with van der Waals surface area (Å²) in [4.78, 5) is 12.1. The zero-order chi connectivity index (χ0) is 15.5. The van der Waals surface area contributed by atoms with Crippen LogP contribution in [-0.4, -0.2) is 16.2 Å². The van der Waals surface area contributed by atoms with Crippen molar-refractivity contribution < 1.29 is 14.4 Å². The molecule has 1 amide bonds. The van der Waals surface area contributed by atoms with Crippen molar-refractivity contribution in [2.75, 3.05) is 5.32 Å². The van der Waals surface area contributed by atoms with E-state index in [0.717, 1.165) is 4.47 Å². The van der Waals surface area contributed by atoms with E-state index in [2.05, 4.69) is 26.4 Å². The van der Waals surface area contributed by atoms with E-state index in [-0.39, 0.29) is 17.4 Å². The van der Waals surface area contributed by atoms with Gasteiger partial charge in [0.2, 0.25) is 0 Å². The van der Waals surface area contributed by atoms with Crippen molar-refractivity contribution >= 4 is 27.5 Å². The molecule has 0 spiro atoms. The summed E-state index contributed by atoms with van der Waals surface area (Å²) in [5.41, 5.74) is 1.48. The highest BCUT2D eigenvalue weighted by Gasteiger charge is 2.14. The maximum atomic E-state index is 12.1. The molecule has 0 radical (unpaired) electrons. The van der Waals surface area contributed by atoms with Crippen molar-refractivity contribution in [3.63, 3.8) is 0 Å². The molecule has 0 aliphatic carbocycles. The fourth-order valence-electron chi connectivity index (χ4n) is 1.91. The number of halogens is 1. The summed E-state index contributed by atoms with van der Waals surface area (Å²) >= 11 is 3.33. The van der Waals surface area contributed by atoms with E-state index in [1.54, 1.807) is 30.3 Å². The third kappa shape index (κ3) is 3.17. The fourth-order valence-corrected chi connectivity index (χ4v) is 2.17. The Morgan fingerprint density at radius 3 is 2.64 bits per heavy atom. The van der Waals surface area contributed by atoms with Gasteiger partial charge in [-0.2, -0.15) is 0 Å². The molecule has 2 N–H and O–H groups in total. The molecular weight excluding hydrogens is 348 g/mol. The maximum absolute atomic E-state index is 12.1. The van der Waals surface area contributed by atoms with Gasteiger partial charge in [0.1, 0.15) is 5.75 Å². The number of nitrogens with one attached hydrogen (secondary N) is 1. The minimum atomic E-state index is -0.363. The highest BCUT2D eigenvalue weighted by Crippen LogP contribution is 2.24. The highest BCUT2D eigenvalue weighted by atomic mass is 79.9. The molecule has 110 valence electrons. The first-order valence-electron chi connectivity index (χ1n) is 6.45. The lowest BCUT2D eigenvalue weighted by atomic mass is 10.1. The summed E-state index contributed by atoms with van der Waals surface area (Å²) in [7, 11) is 0. The Bertz CT molecular complexity index is 812. The van der Waals surface area contributed by atoms with Crippen LogP contribution in [0.5, 0.6) is 5.75 Å². The van der Waals surface area contributed by atoms with Gasteiger partial charge in [-0.05, 0) is 36.4 Å². The van der Waals surface area contributed by atoms with Gasteiger partial charge < -0.3 is 14.9 Å². The van der Waals surface area contributed by atoms with E-state index in [4.69, 9.17) is 4.52 Å². The Labute approximate surface area is 134 Å². The lowest BCUT2D eigenvalue weighted by molar-refractivity contribution is 0.101. The number of hydrogen-bond acceptors (Lipinski definition) is 4. The van der Waals surface area contributed by atoms with Crippen LogP contribution in [0.3, 0.4) is 0 Å². The number of aromatic hydroxyl groups is 1. The number of anilines is 1. The average Bonchev–Trinajstić information content (AvgIpc) is 3.00. The molecule has 1 aromatic heterocycles. The fraction of sp³-hybridized carbons (Fsp3) is 0. The van der Waals surface area contributed by atoms with E-state index in [9.17, 15) is 9.90 Å². The van der Waals surface area contributed by atoms with E-state index < -0.39 is 0 Å². The average molecular weight is 359 g/mol. The number of carbonyl (C=O) groups excluding carboxylic acids is 1. The third-order valence-corrected chi connectivity index (χ3v) is 3.50. The van der Waals surface area contributed by atoms with Crippen LogP contribution < -0.4 is 5.32 Å². The molecule has 0 unspecified atom stereocenters. The lowest BCUT2D eigenvalue weighted by Gasteiger charge is -2.02. The first-order valence-corrected chi connectivity index (χ1v) is 7.24. The van der Waals surface area contributed by atoms with Crippen molar-refractivity contribution in [2.45, 2.75) is 0 Å². The molecule has 0 saturated heterocycles. The van der Waals surface area contributed by atoms with Gasteiger partial charge in [0, 0.05) is 21.8 Å². The quantitative estimate of drug-likeness (QED) is 0.740. The van der Waals surface area contributed by atoms with Gasteiger partial charge in [-0.1, -0.05) is 33.2 Å². The maximum Gasteiger partial charge on any atom is 0.277 e. The molecule has 0 saturated carbocycles. The van der Waals surface area contributed by atoms with E-state index in [1.165, 1.54) is 12.1 Å². The van der Waals surface area contributed by atoms with Crippen LogP contribution in [0.25, 0.3) is 11.3 Å². The van der Waals surface area contributed by atoms with Crippen LogP contribution in [0, 0.1) is 0 Å². The van der Waals surface area contributed by atoms with Crippen molar-refractivity contribution in [3.05, 3.63) is 64.8 Å². The standard InChI is InChI=1S/C16H11BrN2O3/c17-11-4-6-12(7-5-11)18-16(21)14-9-15(22-19-14)10-2-1-3-13(20)8-10/h1-9,20H,(H,18,21). The molecule has 3 rings (SSSR count). The SMILES string of the molecule is O=C(Nc1ccc(Br)cc1)c1cc(-c2cccc(O)c2)on1. The largest absolute Gasteiger partial charge is 0.508 e. The van der Waals surface area contributed by atoms with Crippen LogP contribution in [-0.2, 0) is 0 Å². The molecule has 0 fully saturated rings. The van der Waals surface area contributed by atoms with Gasteiger partial charge in [-0.25, -0.2) is 0 Å². The number of phenols is 1. The molecule has 6 heteroatoms. The van der Waals surface area contributed by atoms with Gasteiger partial charge in [-0.3, -0.25) is 4.79 Å². The van der Waals surface area contributed by atoms with Crippen molar-refractivity contribution in [2.24, 2.45) is 0 Å². The number of rotatable bonds is 3. The number of nitrogens with zero attached hydrogens (tertiary/aromatic N) is 1. The highest BCUT2D eigenvalue weighted by molar-refractivity contribution is 9.10. The number of benzene rings is 2. The second-order valence-corrected chi connectivity index (χ2v) is 5.50. The van der Waals surface area contributed by atoms with E-state index in [0.29, 0.717) is 17.0 Å². The Morgan fingerprint density at radius 2 is 1.91 bits per heavy atom. The number of carbonyl (C=O) groups is 1. The number of phenolic OH excluding ortho intramolecular Hbond substituents is 1. The number of amides is 1. The molecule has 0 aliphatic heterocycles. The Hall–Kier alpha value is -2.60. The molecule has 2 aromatic carbocycles. The van der Waals surface area contributed by atoms with Gasteiger partial charge in [-0.15, -0.1) is 0 Å². The topological polar surface area (TPSA) is 75.4 Å². The summed E-state index contributed by atoms with van der Waals surface area (Å²) in [5.74, 6) is 0.170. The van der Waals surface area contributed by atoms with E-state index >= 15 is 0 Å². The first kappa shape index (κ1) is 14.3. The van der Waals surface area contributed by atoms with Crippen LogP contribution in [0.2, 0.25) is 0 Å². The zero-order valence-corrected chi connectivity index (χ0v) is 12.9. The Kier molecular flexibility index (Phi) is 3.93. The number of aromatic nitrogens is 1. The van der Waals surface area contributed by atoms with Crippen LogP contribution in [0.1, 0.15) is 10.5 Å². The summed E-state index contributed by atoms with van der Waals surface area (Å²) < 4.78 is 6.08. The predicted molar refractivity (Wildman–Crippen MR) is 85.7 cm³/mol. The second kappa shape index (κ2) is 6.03. The second-order valence-electron chi connectivity index (χ2n) is 4.59. The molecule has 1 heterocycles. The van der Waals surface area contributed by atoms with Crippen molar-refractivity contribution in [1.29, 1.82) is 0 Å². The summed E-state index contributed by atoms with van der Waals surface area (Å²) in [6.45, 7) is 0. The first-order chi connectivity index (χ1) is 10.6. The smallest absolute Gasteiger partial charge is 0.277 e. The van der Waals surface area contributed by atoms with Crippen LogP contribution in [0.4, 0.5) is 5.69 Å². The molecule has 0 atom stereocenters. The molecular formula is C16H11BrN2O3. The molecule has 5 nitrogen and oxygen atoms in total. The van der Waals surface area contributed by atoms with Gasteiger partial charge in [0.05, 0.1) is 0 Å². The zero-order valence-electron chi connectivity index (χ0n) is 11.3. The summed E-state index contributed by atoms with van der Waals surface area (Å²) in [6, 6.07) is 15.3. The van der Waals surface area contributed by atoms with Gasteiger partial charge in [0.25, 0.3) is 5.91 Å². The summed E-state index contributed by atoms with van der Waals surface area (Å²) in [6.07, 6.45) is 0. The van der Waals surface area contributed by atoms with Gasteiger partial charge >= 0.3 is 0 Å². The molecule has 0 bridgehead atoms. The minimum Gasteiger partial charge on any atom is -0.508 e. The van der Waals surface area contributed by atoms with E-state index in [1.807, 2.05) is 12.1 Å². The monoisotopic (exact) mass is 358 g/mol. The van der Waals surface area contributed by atoms with Gasteiger partial charge in [0.15, 0.2) is 11.5 Å². The minimum absolute atomic E-state index is 0.120. The Balaban J connectivity index is 1.78. The molecule has 3 aromatic rings. The van der Waals surface area contributed by atoms with Crippen molar-refractivity contribution in [3.8, 4) is 17.1 Å². The van der Waals surface area contributed by atoms with Crippen LogP contribution in [0.15, 0.2) is 63.6 Å². The molecule has 22 heavy (non-hydrogen) atoms.